The number of hydrogen-bond donors (Lipinski definition) is 2. The van der Waals surface area contributed by atoms with Crippen molar-refractivity contribution in [1.29, 1.82) is 0 Å². The average Bonchev–Trinajstić information content (AvgIpc) is 2.73. The van der Waals surface area contributed by atoms with E-state index in [1.165, 1.54) is 5.56 Å². The van der Waals surface area contributed by atoms with Gasteiger partial charge in [0, 0.05) is 39.8 Å². The van der Waals surface area contributed by atoms with Gasteiger partial charge in [0.1, 0.15) is 11.5 Å². The summed E-state index contributed by atoms with van der Waals surface area (Å²) >= 11 is 0. The second-order valence-corrected chi connectivity index (χ2v) is 6.37. The first-order valence-electron chi connectivity index (χ1n) is 9.40. The highest BCUT2D eigenvalue weighted by Crippen LogP contribution is 2.20. The zero-order valence-electron chi connectivity index (χ0n) is 15.9. The van der Waals surface area contributed by atoms with Crippen molar-refractivity contribution >= 4 is 5.96 Å². The van der Waals surface area contributed by atoms with Gasteiger partial charge in [0.2, 0.25) is 0 Å². The maximum absolute atomic E-state index is 5.82. The van der Waals surface area contributed by atoms with Crippen LogP contribution in [0, 0.1) is 0 Å². The molecule has 2 aromatic carbocycles. The van der Waals surface area contributed by atoms with Crippen LogP contribution >= 0.6 is 0 Å². The molecule has 0 atom stereocenters. The van der Waals surface area contributed by atoms with Gasteiger partial charge in [-0.15, -0.1) is 0 Å². The second-order valence-electron chi connectivity index (χ2n) is 6.37. The minimum atomic E-state index is 0.711. The molecule has 0 aliphatic carbocycles. The summed E-state index contributed by atoms with van der Waals surface area (Å²) in [4.78, 5) is 6.68. The minimum Gasteiger partial charge on any atom is -0.457 e. The molecule has 2 N–H and O–H groups in total. The Morgan fingerprint density at radius 2 is 1.70 bits per heavy atom. The van der Waals surface area contributed by atoms with Gasteiger partial charge in [-0.25, -0.2) is 0 Å². The normalized spacial score (nSPS) is 15.4. The fourth-order valence-electron chi connectivity index (χ4n) is 2.86. The van der Waals surface area contributed by atoms with E-state index in [1.807, 2.05) is 42.5 Å². The fourth-order valence-corrected chi connectivity index (χ4v) is 2.86. The van der Waals surface area contributed by atoms with Gasteiger partial charge >= 0.3 is 0 Å². The Morgan fingerprint density at radius 3 is 2.41 bits per heavy atom. The molecule has 1 aliphatic heterocycles. The number of benzene rings is 2. The maximum atomic E-state index is 5.82. The zero-order valence-corrected chi connectivity index (χ0v) is 15.9. The van der Waals surface area contributed by atoms with Gasteiger partial charge in [0.05, 0.1) is 13.2 Å². The Labute approximate surface area is 161 Å². The third-order valence-corrected chi connectivity index (χ3v) is 4.41. The molecule has 144 valence electrons. The number of morpholine rings is 1. The molecule has 27 heavy (non-hydrogen) atoms. The zero-order chi connectivity index (χ0) is 18.7. The van der Waals surface area contributed by atoms with Gasteiger partial charge in [-0.2, -0.15) is 0 Å². The molecule has 1 fully saturated rings. The van der Waals surface area contributed by atoms with E-state index in [0.29, 0.717) is 6.54 Å². The number of guanidine groups is 1. The van der Waals surface area contributed by atoms with E-state index in [1.54, 1.807) is 7.05 Å². The lowest BCUT2D eigenvalue weighted by molar-refractivity contribution is 0.0389. The number of hydrogen-bond acceptors (Lipinski definition) is 4. The SMILES string of the molecule is CN=C(NCCN1CCOCC1)NCc1ccc(Oc2ccccc2)cc1. The summed E-state index contributed by atoms with van der Waals surface area (Å²) in [5.74, 6) is 2.49. The first-order valence-corrected chi connectivity index (χ1v) is 9.40. The fraction of sp³-hybridized carbons (Fsp3) is 0.381. The molecular formula is C21H28N4O2. The molecule has 0 saturated carbocycles. The first-order chi connectivity index (χ1) is 13.3. The largest absolute Gasteiger partial charge is 0.457 e. The number of rotatable bonds is 7. The number of aliphatic imine (C=N–C) groups is 1. The van der Waals surface area contributed by atoms with Crippen LogP contribution in [0.15, 0.2) is 59.6 Å². The molecule has 1 aliphatic rings. The highest BCUT2D eigenvalue weighted by Gasteiger charge is 2.09. The van der Waals surface area contributed by atoms with Crippen LogP contribution < -0.4 is 15.4 Å². The number of para-hydroxylation sites is 1. The molecule has 1 saturated heterocycles. The summed E-state index contributed by atoms with van der Waals surface area (Å²) in [6.45, 7) is 6.24. The van der Waals surface area contributed by atoms with Crippen LogP contribution in [0.1, 0.15) is 5.56 Å². The summed E-state index contributed by atoms with van der Waals surface area (Å²) in [5, 5.41) is 6.71. The smallest absolute Gasteiger partial charge is 0.191 e. The monoisotopic (exact) mass is 368 g/mol. The van der Waals surface area contributed by atoms with E-state index in [0.717, 1.165) is 56.9 Å². The lowest BCUT2D eigenvalue weighted by Crippen LogP contribution is -2.44. The Kier molecular flexibility index (Phi) is 7.50. The Bertz CT molecular complexity index is 698. The molecule has 3 rings (SSSR count). The van der Waals surface area contributed by atoms with E-state index >= 15 is 0 Å². The lowest BCUT2D eigenvalue weighted by Gasteiger charge is -2.26. The minimum absolute atomic E-state index is 0.711. The van der Waals surface area contributed by atoms with Crippen LogP contribution in [0.2, 0.25) is 0 Å². The predicted octanol–water partition coefficient (Wildman–Crippen LogP) is 2.48. The molecule has 0 unspecified atom stereocenters. The highest BCUT2D eigenvalue weighted by atomic mass is 16.5. The van der Waals surface area contributed by atoms with Gasteiger partial charge in [-0.1, -0.05) is 30.3 Å². The molecule has 0 aromatic heterocycles. The van der Waals surface area contributed by atoms with Crippen molar-refractivity contribution < 1.29 is 9.47 Å². The van der Waals surface area contributed by atoms with Crippen molar-refractivity contribution in [3.05, 3.63) is 60.2 Å². The number of ether oxygens (including phenoxy) is 2. The van der Waals surface area contributed by atoms with E-state index in [9.17, 15) is 0 Å². The molecule has 0 spiro atoms. The number of nitrogens with zero attached hydrogens (tertiary/aromatic N) is 2. The summed E-state index contributed by atoms with van der Waals surface area (Å²) in [6.07, 6.45) is 0. The van der Waals surface area contributed by atoms with E-state index < -0.39 is 0 Å². The van der Waals surface area contributed by atoms with Crippen LogP contribution in [0.3, 0.4) is 0 Å². The summed E-state index contributed by atoms with van der Waals surface area (Å²) in [7, 11) is 1.79. The van der Waals surface area contributed by atoms with Crippen LogP contribution in [0.5, 0.6) is 11.5 Å². The van der Waals surface area contributed by atoms with Gasteiger partial charge in [-0.05, 0) is 29.8 Å². The molecule has 0 radical (unpaired) electrons. The summed E-state index contributed by atoms with van der Waals surface area (Å²) in [5.41, 5.74) is 1.17. The second kappa shape index (κ2) is 10.5. The van der Waals surface area contributed by atoms with Crippen molar-refractivity contribution in [3.8, 4) is 11.5 Å². The lowest BCUT2D eigenvalue weighted by atomic mass is 10.2. The van der Waals surface area contributed by atoms with E-state index in [2.05, 4.69) is 32.7 Å². The molecule has 6 nitrogen and oxygen atoms in total. The standard InChI is InChI=1S/C21H28N4O2/c1-22-21(23-11-12-25-13-15-26-16-14-25)24-17-18-7-9-20(10-8-18)27-19-5-3-2-4-6-19/h2-10H,11-17H2,1H3,(H2,22,23,24). The topological polar surface area (TPSA) is 58.1 Å². The average molecular weight is 368 g/mol. The van der Waals surface area contributed by atoms with Crippen molar-refractivity contribution in [2.45, 2.75) is 6.54 Å². The van der Waals surface area contributed by atoms with Gasteiger partial charge in [-0.3, -0.25) is 9.89 Å². The summed E-state index contributed by atoms with van der Waals surface area (Å²) in [6, 6.07) is 17.9. The van der Waals surface area contributed by atoms with E-state index in [4.69, 9.17) is 9.47 Å². The highest BCUT2D eigenvalue weighted by molar-refractivity contribution is 5.79. The molecule has 0 bridgehead atoms. The maximum Gasteiger partial charge on any atom is 0.191 e. The Balaban J connectivity index is 1.40. The van der Waals surface area contributed by atoms with Crippen molar-refractivity contribution in [2.75, 3.05) is 46.4 Å². The van der Waals surface area contributed by atoms with Gasteiger partial charge in [0.25, 0.3) is 0 Å². The van der Waals surface area contributed by atoms with Crippen LogP contribution in [-0.2, 0) is 11.3 Å². The van der Waals surface area contributed by atoms with Gasteiger partial charge < -0.3 is 20.1 Å². The molecular weight excluding hydrogens is 340 g/mol. The predicted molar refractivity (Wildman–Crippen MR) is 108 cm³/mol. The third kappa shape index (κ3) is 6.58. The molecule has 0 amide bonds. The van der Waals surface area contributed by atoms with Crippen molar-refractivity contribution in [3.63, 3.8) is 0 Å². The molecule has 1 heterocycles. The third-order valence-electron chi connectivity index (χ3n) is 4.41. The Hall–Kier alpha value is -2.57. The van der Waals surface area contributed by atoms with Crippen molar-refractivity contribution in [2.24, 2.45) is 4.99 Å². The first kappa shape index (κ1) is 19.2. The molecule has 6 heteroatoms. The molecule has 2 aromatic rings. The van der Waals surface area contributed by atoms with E-state index in [-0.39, 0.29) is 0 Å². The van der Waals surface area contributed by atoms with Crippen molar-refractivity contribution in [1.82, 2.24) is 15.5 Å². The van der Waals surface area contributed by atoms with Crippen LogP contribution in [0.25, 0.3) is 0 Å². The summed E-state index contributed by atoms with van der Waals surface area (Å²) < 4.78 is 11.2. The van der Waals surface area contributed by atoms with Gasteiger partial charge in [0.15, 0.2) is 5.96 Å². The number of nitrogens with one attached hydrogen (secondary N) is 2. The van der Waals surface area contributed by atoms with Crippen LogP contribution in [-0.4, -0.2) is 57.3 Å². The van der Waals surface area contributed by atoms with Crippen LogP contribution in [0.4, 0.5) is 0 Å². The quantitative estimate of drug-likeness (QED) is 0.581. The Morgan fingerprint density at radius 1 is 1.00 bits per heavy atom.